The molecule has 8 nitrogen and oxygen atoms in total. The van der Waals surface area contributed by atoms with Gasteiger partial charge in [0.15, 0.2) is 0 Å². The van der Waals surface area contributed by atoms with Gasteiger partial charge >= 0.3 is 0 Å². The number of methoxy groups -OCH3 is 2. The van der Waals surface area contributed by atoms with Crippen LogP contribution in [0, 0.1) is 0 Å². The molecular weight excluding hydrogens is 348 g/mol. The van der Waals surface area contributed by atoms with E-state index in [9.17, 15) is 9.59 Å². The Morgan fingerprint density at radius 1 is 1.07 bits per heavy atom. The van der Waals surface area contributed by atoms with Crippen molar-refractivity contribution in [1.29, 1.82) is 0 Å². The Morgan fingerprint density at radius 3 is 2.30 bits per heavy atom. The second kappa shape index (κ2) is 10.2. The number of nitrogen functional groups attached to an aromatic ring is 1. The number of amides is 2. The smallest absolute Gasteiger partial charge is 0.274 e. The van der Waals surface area contributed by atoms with Crippen LogP contribution in [0.25, 0.3) is 0 Å². The van der Waals surface area contributed by atoms with Gasteiger partial charge in [-0.2, -0.15) is 0 Å². The normalized spacial score (nSPS) is 10.4. The number of nitrogens with two attached hydrogens (primary N) is 1. The Kier molecular flexibility index (Phi) is 7.72. The second-order valence-corrected chi connectivity index (χ2v) is 5.75. The largest absolute Gasteiger partial charge is 0.397 e. The van der Waals surface area contributed by atoms with Crippen molar-refractivity contribution in [2.75, 3.05) is 51.6 Å². The predicted octanol–water partition coefficient (Wildman–Crippen LogP) is 1.65. The summed E-state index contributed by atoms with van der Waals surface area (Å²) in [7, 11) is 3.15. The second-order valence-electron chi connectivity index (χ2n) is 5.75. The van der Waals surface area contributed by atoms with Gasteiger partial charge in [0.1, 0.15) is 5.69 Å². The van der Waals surface area contributed by atoms with Crippen molar-refractivity contribution in [3.8, 4) is 0 Å². The molecule has 0 radical (unpaired) electrons. The van der Waals surface area contributed by atoms with Gasteiger partial charge in [0.25, 0.3) is 11.8 Å². The highest BCUT2D eigenvalue weighted by atomic mass is 16.5. The highest BCUT2D eigenvalue weighted by Gasteiger charge is 2.17. The van der Waals surface area contributed by atoms with E-state index >= 15 is 0 Å². The quantitative estimate of drug-likeness (QED) is 0.648. The molecule has 1 aromatic carbocycles. The third-order valence-corrected chi connectivity index (χ3v) is 3.87. The van der Waals surface area contributed by atoms with Crippen molar-refractivity contribution in [3.63, 3.8) is 0 Å². The Bertz CT molecular complexity index is 757. The van der Waals surface area contributed by atoms with Crippen LogP contribution in [0.5, 0.6) is 0 Å². The van der Waals surface area contributed by atoms with Crippen LogP contribution in [-0.4, -0.2) is 62.2 Å². The molecule has 0 fully saturated rings. The maximum absolute atomic E-state index is 12.6. The molecule has 2 amide bonds. The molecule has 0 aliphatic heterocycles. The van der Waals surface area contributed by atoms with Gasteiger partial charge in [0.05, 0.1) is 30.2 Å². The highest BCUT2D eigenvalue weighted by Crippen LogP contribution is 2.17. The number of para-hydroxylation sites is 2. The molecule has 1 aromatic heterocycles. The lowest BCUT2D eigenvalue weighted by Crippen LogP contribution is -2.36. The number of pyridine rings is 1. The van der Waals surface area contributed by atoms with Gasteiger partial charge in [-0.1, -0.05) is 12.1 Å². The third kappa shape index (κ3) is 5.77. The summed E-state index contributed by atoms with van der Waals surface area (Å²) in [6, 6.07) is 10.0. The minimum atomic E-state index is -0.400. The fraction of sp³-hybridized carbons (Fsp3) is 0.316. The number of rotatable bonds is 9. The first-order valence-corrected chi connectivity index (χ1v) is 8.46. The van der Waals surface area contributed by atoms with Gasteiger partial charge in [0.2, 0.25) is 0 Å². The number of nitrogens with one attached hydrogen (secondary N) is 1. The van der Waals surface area contributed by atoms with Crippen molar-refractivity contribution in [2.45, 2.75) is 0 Å². The van der Waals surface area contributed by atoms with Gasteiger partial charge in [-0.3, -0.25) is 14.6 Å². The van der Waals surface area contributed by atoms with Crippen molar-refractivity contribution in [2.24, 2.45) is 0 Å². The molecule has 0 atom stereocenters. The number of hydrogen-bond acceptors (Lipinski definition) is 6. The highest BCUT2D eigenvalue weighted by molar-refractivity contribution is 6.04. The summed E-state index contributed by atoms with van der Waals surface area (Å²) in [4.78, 5) is 30.7. The van der Waals surface area contributed by atoms with Gasteiger partial charge in [-0.25, -0.2) is 0 Å². The molecule has 3 N–H and O–H groups in total. The van der Waals surface area contributed by atoms with E-state index in [0.717, 1.165) is 0 Å². The number of carbonyl (C=O) groups excluding carboxylic acids is 2. The average molecular weight is 372 g/mol. The lowest BCUT2D eigenvalue weighted by molar-refractivity contribution is 0.0626. The summed E-state index contributed by atoms with van der Waals surface area (Å²) in [5.41, 5.74) is 7.37. The zero-order valence-corrected chi connectivity index (χ0v) is 15.5. The topological polar surface area (TPSA) is 107 Å². The average Bonchev–Trinajstić information content (AvgIpc) is 2.69. The SMILES string of the molecule is COCCN(CCOC)C(=O)c1ccc(C(=O)Nc2ccccc2N)nc1. The molecular formula is C19H24N4O4. The number of hydrogen-bond donors (Lipinski definition) is 2. The van der Waals surface area contributed by atoms with Crippen LogP contribution in [0.2, 0.25) is 0 Å². The lowest BCUT2D eigenvalue weighted by atomic mass is 10.2. The number of anilines is 2. The Morgan fingerprint density at radius 2 is 1.74 bits per heavy atom. The van der Waals surface area contributed by atoms with Crippen molar-refractivity contribution in [3.05, 3.63) is 53.9 Å². The first-order valence-electron chi connectivity index (χ1n) is 8.46. The number of aromatic nitrogens is 1. The maximum Gasteiger partial charge on any atom is 0.274 e. The minimum Gasteiger partial charge on any atom is -0.397 e. The number of carbonyl (C=O) groups is 2. The molecule has 0 aliphatic rings. The van der Waals surface area contributed by atoms with Crippen LogP contribution in [0.1, 0.15) is 20.8 Å². The molecule has 0 aliphatic carbocycles. The summed E-state index contributed by atoms with van der Waals surface area (Å²) in [6.07, 6.45) is 1.39. The summed E-state index contributed by atoms with van der Waals surface area (Å²) < 4.78 is 10.1. The van der Waals surface area contributed by atoms with Crippen LogP contribution in [0.3, 0.4) is 0 Å². The van der Waals surface area contributed by atoms with E-state index in [2.05, 4.69) is 10.3 Å². The van der Waals surface area contributed by atoms with Crippen LogP contribution in [0.4, 0.5) is 11.4 Å². The molecule has 0 spiro atoms. The number of nitrogens with zero attached hydrogens (tertiary/aromatic N) is 2. The molecule has 0 unspecified atom stereocenters. The first-order chi connectivity index (χ1) is 13.1. The van der Waals surface area contributed by atoms with E-state index in [0.29, 0.717) is 43.2 Å². The van der Waals surface area contributed by atoms with Gasteiger partial charge in [-0.05, 0) is 24.3 Å². The van der Waals surface area contributed by atoms with Crippen LogP contribution >= 0.6 is 0 Å². The molecule has 0 saturated heterocycles. The van der Waals surface area contributed by atoms with E-state index < -0.39 is 5.91 Å². The van der Waals surface area contributed by atoms with Crippen LogP contribution < -0.4 is 11.1 Å². The molecule has 0 saturated carbocycles. The molecule has 1 heterocycles. The monoisotopic (exact) mass is 372 g/mol. The fourth-order valence-corrected chi connectivity index (χ4v) is 2.35. The predicted molar refractivity (Wildman–Crippen MR) is 103 cm³/mol. The summed E-state index contributed by atoms with van der Waals surface area (Å²) >= 11 is 0. The first kappa shape index (κ1) is 20.3. The zero-order chi connectivity index (χ0) is 19.6. The Labute approximate surface area is 158 Å². The van der Waals surface area contributed by atoms with E-state index in [-0.39, 0.29) is 11.6 Å². The summed E-state index contributed by atoms with van der Waals surface area (Å²) in [5.74, 6) is -0.599. The number of ether oxygens (including phenoxy) is 2. The summed E-state index contributed by atoms with van der Waals surface area (Å²) in [5, 5.41) is 2.70. The van der Waals surface area contributed by atoms with Crippen LogP contribution in [0.15, 0.2) is 42.6 Å². The molecule has 144 valence electrons. The molecule has 2 aromatic rings. The molecule has 2 rings (SSSR count). The zero-order valence-electron chi connectivity index (χ0n) is 15.5. The van der Waals surface area contributed by atoms with Crippen LogP contribution in [-0.2, 0) is 9.47 Å². The van der Waals surface area contributed by atoms with Crippen molar-refractivity contribution in [1.82, 2.24) is 9.88 Å². The van der Waals surface area contributed by atoms with E-state index in [1.54, 1.807) is 49.5 Å². The molecule has 8 heteroatoms. The van der Waals surface area contributed by atoms with Gasteiger partial charge < -0.3 is 25.4 Å². The van der Waals surface area contributed by atoms with E-state index in [1.165, 1.54) is 12.3 Å². The van der Waals surface area contributed by atoms with Gasteiger partial charge in [-0.15, -0.1) is 0 Å². The van der Waals surface area contributed by atoms with Crippen molar-refractivity contribution >= 4 is 23.2 Å². The Hall–Kier alpha value is -2.97. The third-order valence-electron chi connectivity index (χ3n) is 3.87. The molecule has 0 bridgehead atoms. The standard InChI is InChI=1S/C19H24N4O4/c1-26-11-9-23(10-12-27-2)19(25)14-7-8-17(21-13-14)18(24)22-16-6-4-3-5-15(16)20/h3-8,13H,9-12,20H2,1-2H3,(H,22,24). The molecule has 27 heavy (non-hydrogen) atoms. The minimum absolute atomic E-state index is 0.190. The number of benzene rings is 1. The van der Waals surface area contributed by atoms with Gasteiger partial charge in [0, 0.05) is 33.5 Å². The fourth-order valence-electron chi connectivity index (χ4n) is 2.35. The Balaban J connectivity index is 2.07. The van der Waals surface area contributed by atoms with E-state index in [1.807, 2.05) is 0 Å². The van der Waals surface area contributed by atoms with E-state index in [4.69, 9.17) is 15.2 Å². The van der Waals surface area contributed by atoms with Crippen molar-refractivity contribution < 1.29 is 19.1 Å². The lowest BCUT2D eigenvalue weighted by Gasteiger charge is -2.22. The summed E-state index contributed by atoms with van der Waals surface area (Å²) in [6.45, 7) is 1.71. The maximum atomic E-state index is 12.6.